The second kappa shape index (κ2) is 16.6. The van der Waals surface area contributed by atoms with Crippen molar-refractivity contribution in [3.05, 3.63) is 104 Å². The second-order valence-corrected chi connectivity index (χ2v) is 10.2. The molecule has 0 spiro atoms. The predicted octanol–water partition coefficient (Wildman–Crippen LogP) is 6.38. The molecule has 3 aromatic heterocycles. The summed E-state index contributed by atoms with van der Waals surface area (Å²) in [6.45, 7) is 0. The molecule has 2 aromatic carbocycles. The van der Waals surface area contributed by atoms with Crippen LogP contribution in [0.2, 0.25) is 0 Å². The van der Waals surface area contributed by atoms with Crippen LogP contribution in [0.25, 0.3) is 22.3 Å². The molecule has 0 aliphatic rings. The summed E-state index contributed by atoms with van der Waals surface area (Å²) in [5.74, 6) is 0.297. The SMILES string of the molecule is COc1cc(Br)cc(C(=O)O)c1N.COc1cc(Br)cc2c(=O)[nH]c(-c3cccnc3)nc12.Cl.O=C(Cl)c1cccnc1. The van der Waals surface area contributed by atoms with Gasteiger partial charge in [-0.15, -0.1) is 12.4 Å². The Balaban J connectivity index is 0.000000243. The maximum Gasteiger partial charge on any atom is 0.337 e. The third kappa shape index (κ3) is 9.48. The summed E-state index contributed by atoms with van der Waals surface area (Å²) in [4.78, 5) is 48.2. The van der Waals surface area contributed by atoms with Crippen molar-refractivity contribution in [3.63, 3.8) is 0 Å². The standard InChI is InChI=1S/C14H10BrN3O2.C8H8BrNO3.C6H4ClNO.ClH/c1-20-11-6-9(15)5-10-12(11)17-13(18-14(10)19)8-3-2-4-16-7-8;1-13-6-3-4(9)2-5(7(6)10)8(11)12;7-6(9)5-2-1-3-8-4-5;/h2-7H,1H3,(H,17,18,19);2-3H,10H2,1H3,(H,11,12);1-4H;1H. The lowest BCUT2D eigenvalue weighted by Crippen LogP contribution is -2.10. The molecule has 0 bridgehead atoms. The van der Waals surface area contributed by atoms with Crippen molar-refractivity contribution < 1.29 is 24.2 Å². The number of anilines is 1. The van der Waals surface area contributed by atoms with Crippen LogP contribution in [0.4, 0.5) is 5.69 Å². The van der Waals surface area contributed by atoms with Crippen LogP contribution in [-0.4, -0.2) is 50.5 Å². The molecule has 5 rings (SSSR count). The number of nitrogens with one attached hydrogen (secondary N) is 1. The van der Waals surface area contributed by atoms with Gasteiger partial charge in [0.05, 0.1) is 36.4 Å². The van der Waals surface area contributed by atoms with E-state index in [0.29, 0.717) is 38.3 Å². The summed E-state index contributed by atoms with van der Waals surface area (Å²) in [5, 5.41) is 8.76. The fourth-order valence-corrected chi connectivity index (χ4v) is 4.38. The highest BCUT2D eigenvalue weighted by molar-refractivity contribution is 9.10. The Morgan fingerprint density at radius 2 is 1.56 bits per heavy atom. The van der Waals surface area contributed by atoms with Crippen molar-refractivity contribution in [2.45, 2.75) is 0 Å². The maximum atomic E-state index is 12.2. The van der Waals surface area contributed by atoms with Crippen LogP contribution >= 0.6 is 55.9 Å². The topological polar surface area (TPSA) is 170 Å². The zero-order valence-electron chi connectivity index (χ0n) is 22.4. The molecule has 0 aliphatic carbocycles. The molecule has 0 amide bonds. The number of aromatic carboxylic acids is 1. The molecule has 224 valence electrons. The number of carbonyl (C=O) groups excluding carboxylic acids is 1. The summed E-state index contributed by atoms with van der Waals surface area (Å²) < 4.78 is 11.6. The highest BCUT2D eigenvalue weighted by Crippen LogP contribution is 2.30. The number of hydrogen-bond donors (Lipinski definition) is 3. The number of benzene rings is 2. The minimum absolute atomic E-state index is 0. The molecule has 0 saturated carbocycles. The van der Waals surface area contributed by atoms with Gasteiger partial charge in [-0.1, -0.05) is 31.9 Å². The third-order valence-electron chi connectivity index (χ3n) is 5.34. The number of halogens is 4. The Bertz CT molecular complexity index is 1780. The summed E-state index contributed by atoms with van der Waals surface area (Å²) in [6, 6.07) is 13.4. The molecule has 15 heteroatoms. The van der Waals surface area contributed by atoms with Crippen molar-refractivity contribution in [3.8, 4) is 22.9 Å². The van der Waals surface area contributed by atoms with Gasteiger partial charge in [-0.2, -0.15) is 0 Å². The van der Waals surface area contributed by atoms with Crippen LogP contribution in [0.15, 0.2) is 87.1 Å². The van der Waals surface area contributed by atoms with E-state index in [9.17, 15) is 14.4 Å². The van der Waals surface area contributed by atoms with Gasteiger partial charge in [0.25, 0.3) is 10.8 Å². The van der Waals surface area contributed by atoms with Crippen molar-refractivity contribution in [2.24, 2.45) is 0 Å². The number of nitrogens with zero attached hydrogens (tertiary/aromatic N) is 3. The summed E-state index contributed by atoms with van der Waals surface area (Å²) in [7, 11) is 2.98. The molecule has 0 aliphatic heterocycles. The van der Waals surface area contributed by atoms with Gasteiger partial charge < -0.3 is 25.3 Å². The third-order valence-corrected chi connectivity index (χ3v) is 6.47. The van der Waals surface area contributed by atoms with Crippen LogP contribution < -0.4 is 20.8 Å². The lowest BCUT2D eigenvalue weighted by molar-refractivity contribution is 0.0697. The predicted molar refractivity (Wildman–Crippen MR) is 174 cm³/mol. The molecule has 0 atom stereocenters. The summed E-state index contributed by atoms with van der Waals surface area (Å²) in [5.41, 5.74) is 7.20. The number of rotatable bonds is 5. The average Bonchev–Trinajstić information content (AvgIpc) is 2.99. The minimum Gasteiger partial charge on any atom is -0.495 e. The smallest absolute Gasteiger partial charge is 0.337 e. The normalized spacial score (nSPS) is 9.79. The number of hydrogen-bond acceptors (Lipinski definition) is 9. The highest BCUT2D eigenvalue weighted by Gasteiger charge is 2.13. The van der Waals surface area contributed by atoms with Crippen molar-refractivity contribution in [2.75, 3.05) is 20.0 Å². The number of methoxy groups -OCH3 is 2. The molecule has 3 heterocycles. The van der Waals surface area contributed by atoms with Gasteiger partial charge in [-0.25, -0.2) is 9.78 Å². The van der Waals surface area contributed by atoms with Gasteiger partial charge >= 0.3 is 5.97 Å². The van der Waals surface area contributed by atoms with Crippen molar-refractivity contribution >= 4 is 83.7 Å². The van der Waals surface area contributed by atoms with Gasteiger partial charge in [-0.3, -0.25) is 19.6 Å². The van der Waals surface area contributed by atoms with E-state index in [-0.39, 0.29) is 29.2 Å². The van der Waals surface area contributed by atoms with E-state index in [0.717, 1.165) is 10.0 Å². The Hall–Kier alpha value is -4.04. The van der Waals surface area contributed by atoms with Gasteiger partial charge in [0.15, 0.2) is 0 Å². The fourth-order valence-electron chi connectivity index (χ4n) is 3.39. The summed E-state index contributed by atoms with van der Waals surface area (Å²) >= 11 is 11.6. The molecule has 0 radical (unpaired) electrons. The number of ether oxygens (including phenoxy) is 2. The van der Waals surface area contributed by atoms with Gasteiger partial charge in [0.1, 0.15) is 22.8 Å². The van der Waals surface area contributed by atoms with E-state index >= 15 is 0 Å². The number of H-pyrrole nitrogens is 1. The van der Waals surface area contributed by atoms with Crippen molar-refractivity contribution in [1.82, 2.24) is 19.9 Å². The molecule has 5 aromatic rings. The first-order valence-corrected chi connectivity index (χ1v) is 13.7. The molecule has 43 heavy (non-hydrogen) atoms. The largest absolute Gasteiger partial charge is 0.495 e. The second-order valence-electron chi connectivity index (χ2n) is 8.05. The maximum absolute atomic E-state index is 12.2. The molecule has 0 fully saturated rings. The first-order valence-electron chi connectivity index (χ1n) is 11.7. The van der Waals surface area contributed by atoms with Crippen LogP contribution in [0.1, 0.15) is 20.7 Å². The quantitative estimate of drug-likeness (QED) is 0.135. The number of carboxylic acids is 1. The van der Waals surface area contributed by atoms with Gasteiger partial charge in [-0.05, 0) is 60.1 Å². The first kappa shape index (κ1) is 35.2. The van der Waals surface area contributed by atoms with Crippen LogP contribution in [0, 0.1) is 0 Å². The summed E-state index contributed by atoms with van der Waals surface area (Å²) in [6.07, 6.45) is 6.33. The van der Waals surface area contributed by atoms with E-state index < -0.39 is 11.2 Å². The number of aromatic amines is 1. The number of aromatic nitrogens is 4. The monoisotopic (exact) mass is 753 g/mol. The number of nitrogens with two attached hydrogens (primary N) is 1. The zero-order valence-corrected chi connectivity index (χ0v) is 27.1. The Morgan fingerprint density at radius 1 is 0.953 bits per heavy atom. The molecule has 4 N–H and O–H groups in total. The number of carbonyl (C=O) groups is 2. The van der Waals surface area contributed by atoms with Crippen LogP contribution in [0.3, 0.4) is 0 Å². The molecular weight excluding hydrogens is 733 g/mol. The number of pyridine rings is 2. The van der Waals surface area contributed by atoms with Gasteiger partial charge in [0.2, 0.25) is 0 Å². The molecule has 0 unspecified atom stereocenters. The Kier molecular flexibility index (Phi) is 13.5. The Labute approximate surface area is 273 Å². The number of nitrogen functional groups attached to an aromatic ring is 1. The lowest BCUT2D eigenvalue weighted by atomic mass is 10.1. The van der Waals surface area contributed by atoms with Crippen molar-refractivity contribution in [1.29, 1.82) is 0 Å². The number of fused-ring (bicyclic) bond motifs is 1. The molecule has 0 saturated heterocycles. The van der Waals surface area contributed by atoms with Gasteiger partial charge in [0, 0.05) is 39.3 Å². The lowest BCUT2D eigenvalue weighted by Gasteiger charge is -2.07. The zero-order chi connectivity index (χ0) is 30.8. The minimum atomic E-state index is -1.07. The molecule has 11 nitrogen and oxygen atoms in total. The fraction of sp³-hybridized carbons (Fsp3) is 0.0714. The van der Waals surface area contributed by atoms with Crippen LogP contribution in [-0.2, 0) is 0 Å². The Morgan fingerprint density at radius 3 is 2.07 bits per heavy atom. The highest BCUT2D eigenvalue weighted by atomic mass is 79.9. The average molecular weight is 756 g/mol. The molecular formula is C28H23Br2Cl2N5O6. The van der Waals surface area contributed by atoms with E-state index in [1.807, 2.05) is 6.07 Å². The van der Waals surface area contributed by atoms with Crippen LogP contribution in [0.5, 0.6) is 11.5 Å². The van der Waals surface area contributed by atoms with E-state index in [4.69, 9.17) is 31.9 Å². The van der Waals surface area contributed by atoms with E-state index in [1.54, 1.807) is 62.1 Å². The van der Waals surface area contributed by atoms with E-state index in [2.05, 4.69) is 51.8 Å². The van der Waals surface area contributed by atoms with E-state index in [1.165, 1.54) is 19.4 Å². The first-order chi connectivity index (χ1) is 20.0. The number of carboxylic acid groups (broad SMARTS) is 1.